The lowest BCUT2D eigenvalue weighted by Gasteiger charge is -2.26. The number of hydrogen-bond donors (Lipinski definition) is 0. The first-order valence-electron chi connectivity index (χ1n) is 12.0. The molecule has 200 valence electrons. The smallest absolute Gasteiger partial charge is 0.243 e. The Balaban J connectivity index is 0.00000380. The van der Waals surface area contributed by atoms with Crippen LogP contribution in [0.4, 0.5) is 5.69 Å². The van der Waals surface area contributed by atoms with Gasteiger partial charge in [0, 0.05) is 42.0 Å². The molecule has 2 heterocycles. The Morgan fingerprint density at radius 3 is 2.57 bits per heavy atom. The molecule has 0 fully saturated rings. The van der Waals surface area contributed by atoms with Gasteiger partial charge in [-0.1, -0.05) is 53.9 Å². The monoisotopic (exact) mass is 654 g/mol. The van der Waals surface area contributed by atoms with E-state index in [-0.39, 0.29) is 7.43 Å². The molecule has 0 amide bonds. The molecule has 1 aromatic heterocycles. The van der Waals surface area contributed by atoms with Crippen molar-refractivity contribution in [2.24, 2.45) is 0 Å². The molecule has 2 aromatic carbocycles. The normalized spacial score (nSPS) is 14.9. The lowest BCUT2D eigenvalue weighted by molar-refractivity contribution is -0.869. The van der Waals surface area contributed by atoms with Crippen molar-refractivity contribution in [3.05, 3.63) is 65.3 Å². The molecule has 0 atom stereocenters. The predicted molar refractivity (Wildman–Crippen MR) is 166 cm³/mol. The van der Waals surface area contributed by atoms with Crippen molar-refractivity contribution in [1.29, 1.82) is 0 Å². The average Bonchev–Trinajstić information content (AvgIpc) is 3.16. The van der Waals surface area contributed by atoms with Gasteiger partial charge in [0.25, 0.3) is 0 Å². The molecule has 0 N–H and O–H groups in total. The Bertz CT molecular complexity index is 1400. The first-order chi connectivity index (χ1) is 17.0. The zero-order valence-electron chi connectivity index (χ0n) is 21.6. The van der Waals surface area contributed by atoms with Crippen LogP contribution in [0.2, 0.25) is 0 Å². The van der Waals surface area contributed by atoms with Crippen LogP contribution >= 0.6 is 34.4 Å². The number of hydrogen-bond acceptors (Lipinski definition) is 4. The van der Waals surface area contributed by atoms with E-state index in [0.29, 0.717) is 15.9 Å². The number of thioether (sulfide) groups is 1. The summed E-state index contributed by atoms with van der Waals surface area (Å²) in [6.07, 6.45) is 5.52. The summed E-state index contributed by atoms with van der Waals surface area (Å²) in [5.41, 5.74) is 3.41. The number of sulfonamides is 1. The zero-order valence-corrected chi connectivity index (χ0v) is 25.4. The molecule has 3 aromatic rings. The topological polar surface area (TPSA) is 44.5 Å². The molecule has 0 spiro atoms. The molecular weight excluding hydrogens is 615 g/mol. The molecule has 6 nitrogen and oxygen atoms in total. The number of benzene rings is 2. The number of alkyl halides is 1. The minimum atomic E-state index is -3.55. The zero-order chi connectivity index (χ0) is 26.1. The van der Waals surface area contributed by atoms with Gasteiger partial charge in [0.1, 0.15) is 6.54 Å². The number of fused-ring (bicyclic) bond motifs is 2. The van der Waals surface area contributed by atoms with Crippen molar-refractivity contribution >= 4 is 67.0 Å². The van der Waals surface area contributed by atoms with E-state index >= 15 is 0 Å². The summed E-state index contributed by atoms with van der Waals surface area (Å²) < 4.78 is 32.1. The lowest BCUT2D eigenvalue weighted by Crippen LogP contribution is -2.42. The lowest BCUT2D eigenvalue weighted by atomic mass is 10.1. The van der Waals surface area contributed by atoms with Crippen LogP contribution in [0.3, 0.4) is 0 Å². The van der Waals surface area contributed by atoms with E-state index < -0.39 is 10.0 Å². The number of anilines is 1. The van der Waals surface area contributed by atoms with Gasteiger partial charge in [-0.15, -0.1) is 0 Å². The van der Waals surface area contributed by atoms with Crippen LogP contribution in [0.1, 0.15) is 19.4 Å². The quantitative estimate of drug-likeness (QED) is 0.133. The second-order valence-electron chi connectivity index (χ2n) is 10.1. The number of rotatable bonds is 9. The summed E-state index contributed by atoms with van der Waals surface area (Å²) in [6, 6.07) is 16.2. The Kier molecular flexibility index (Phi) is 9.71. The number of para-hydroxylation sites is 1. The fourth-order valence-corrected chi connectivity index (χ4v) is 6.92. The highest BCUT2D eigenvalue weighted by Gasteiger charge is 2.28. The van der Waals surface area contributed by atoms with Gasteiger partial charge in [0.15, 0.2) is 6.20 Å². The van der Waals surface area contributed by atoms with E-state index in [2.05, 4.69) is 95.8 Å². The third-order valence-electron chi connectivity index (χ3n) is 6.40. The minimum Gasteiger partial charge on any atom is -0.338 e. The highest BCUT2D eigenvalue weighted by atomic mass is 127. The molecule has 1 aliphatic rings. The number of pyridine rings is 1. The van der Waals surface area contributed by atoms with Crippen LogP contribution in [-0.4, -0.2) is 70.0 Å². The number of aryl methyl sites for hydroxylation is 1. The third kappa shape index (κ3) is 6.68. The molecule has 0 unspecified atom stereocenters. The van der Waals surface area contributed by atoms with Gasteiger partial charge in [0.05, 0.1) is 55.2 Å². The maximum Gasteiger partial charge on any atom is 0.243 e. The Morgan fingerprint density at radius 2 is 1.86 bits per heavy atom. The van der Waals surface area contributed by atoms with Gasteiger partial charge in [-0.3, -0.25) is 0 Å². The highest BCUT2D eigenvalue weighted by Crippen LogP contribution is 2.47. The fourth-order valence-electron chi connectivity index (χ4n) is 4.17. The third-order valence-corrected chi connectivity index (χ3v) is 10.2. The van der Waals surface area contributed by atoms with Crippen molar-refractivity contribution in [2.75, 3.05) is 57.7 Å². The van der Waals surface area contributed by atoms with Crippen LogP contribution in [0, 0.1) is 0 Å². The maximum absolute atomic E-state index is 13.2. The van der Waals surface area contributed by atoms with Crippen LogP contribution in [0.25, 0.3) is 17.0 Å². The van der Waals surface area contributed by atoms with Gasteiger partial charge >= 0.3 is 0 Å². The second-order valence-corrected chi connectivity index (χ2v) is 14.3. The summed E-state index contributed by atoms with van der Waals surface area (Å²) >= 11 is 4.04. The van der Waals surface area contributed by atoms with Crippen LogP contribution < -0.4 is 9.47 Å². The standard InChI is InChI=1S/C27H35IN4O2S2.CH4/c1-29(17-18-32(3,4)5)36(33,34)22-11-12-25-26(20-22)35-27(30(25)2)19-21-13-16-31(15-8-14-28)24-10-7-6-9-23(21)24;/h6-7,9-13,16,19-20H,8,14-15,17-18H2,1-5H3;1H4/q+2;. The first-order valence-corrected chi connectivity index (χ1v) is 15.8. The number of quaternary nitrogens is 1. The predicted octanol–water partition coefficient (Wildman–Crippen LogP) is 5.46. The van der Waals surface area contributed by atoms with Gasteiger partial charge in [-0.05, 0) is 35.9 Å². The van der Waals surface area contributed by atoms with Crippen LogP contribution in [-0.2, 0) is 16.6 Å². The van der Waals surface area contributed by atoms with Gasteiger partial charge in [-0.2, -0.15) is 8.87 Å². The number of likely N-dealkylation sites (N-methyl/N-ethyl adjacent to an activating group) is 2. The molecule has 9 heteroatoms. The Morgan fingerprint density at radius 1 is 1.14 bits per heavy atom. The van der Waals surface area contributed by atoms with E-state index in [1.165, 1.54) is 15.2 Å². The molecule has 4 rings (SSSR count). The molecule has 37 heavy (non-hydrogen) atoms. The second kappa shape index (κ2) is 12.0. The van der Waals surface area contributed by atoms with E-state index in [9.17, 15) is 8.42 Å². The van der Waals surface area contributed by atoms with Gasteiger partial charge in [0.2, 0.25) is 15.5 Å². The van der Waals surface area contributed by atoms with Crippen molar-refractivity contribution in [1.82, 2.24) is 4.31 Å². The summed E-state index contributed by atoms with van der Waals surface area (Å²) in [4.78, 5) is 3.44. The summed E-state index contributed by atoms with van der Waals surface area (Å²) in [6.45, 7) is 2.22. The average molecular weight is 655 g/mol. The maximum atomic E-state index is 13.2. The van der Waals surface area contributed by atoms with Crippen LogP contribution in [0.15, 0.2) is 69.5 Å². The van der Waals surface area contributed by atoms with Gasteiger partial charge in [-0.25, -0.2) is 8.42 Å². The van der Waals surface area contributed by atoms with Crippen molar-refractivity contribution < 1.29 is 17.5 Å². The molecule has 0 radical (unpaired) electrons. The van der Waals surface area contributed by atoms with E-state index in [0.717, 1.165) is 45.1 Å². The minimum absolute atomic E-state index is 0. The van der Waals surface area contributed by atoms with E-state index in [1.807, 2.05) is 19.2 Å². The number of nitrogens with zero attached hydrogens (tertiary/aromatic N) is 4. The molecule has 0 aliphatic carbocycles. The first kappa shape index (κ1) is 29.9. The summed E-state index contributed by atoms with van der Waals surface area (Å²) in [7, 11) is 6.35. The molecular formula is C28H39IN4O2S2+2. The molecule has 0 bridgehead atoms. The number of halogens is 1. The highest BCUT2D eigenvalue weighted by molar-refractivity contribution is 14.1. The summed E-state index contributed by atoms with van der Waals surface area (Å²) in [5, 5.41) is 2.29. The van der Waals surface area contributed by atoms with Crippen molar-refractivity contribution in [2.45, 2.75) is 30.2 Å². The Hall–Kier alpha value is -1.66. The molecule has 1 aliphatic heterocycles. The van der Waals surface area contributed by atoms with Crippen molar-refractivity contribution in [3.63, 3.8) is 0 Å². The van der Waals surface area contributed by atoms with E-state index in [4.69, 9.17) is 0 Å². The largest absolute Gasteiger partial charge is 0.338 e. The Labute approximate surface area is 240 Å². The van der Waals surface area contributed by atoms with Gasteiger partial charge < -0.3 is 9.38 Å². The van der Waals surface area contributed by atoms with Crippen molar-refractivity contribution in [3.8, 4) is 0 Å². The summed E-state index contributed by atoms with van der Waals surface area (Å²) in [5.74, 6) is 0. The molecule has 0 saturated carbocycles. The fraction of sp³-hybridized carbons (Fsp3) is 0.393. The van der Waals surface area contributed by atoms with E-state index in [1.54, 1.807) is 24.9 Å². The SMILES string of the molecule is C.CN1C(=Cc2cc[n+](CCCI)c3ccccc23)Sc2cc(S(=O)(=O)N(C)CC[N+](C)(C)C)ccc21. The molecule has 0 saturated heterocycles. The number of aromatic nitrogens is 1. The van der Waals surface area contributed by atoms with Crippen LogP contribution in [0.5, 0.6) is 0 Å².